The molecule has 19 heavy (non-hydrogen) atoms. The van der Waals surface area contributed by atoms with Crippen molar-refractivity contribution in [3.05, 3.63) is 71.0 Å². The van der Waals surface area contributed by atoms with Gasteiger partial charge in [-0.15, -0.1) is 0 Å². The average Bonchev–Trinajstić information content (AvgIpc) is 2.45. The summed E-state index contributed by atoms with van der Waals surface area (Å²) in [4.78, 5) is 0. The molecule has 0 bridgehead atoms. The maximum absolute atomic E-state index is 13.2. The molecule has 0 fully saturated rings. The van der Waals surface area contributed by atoms with Gasteiger partial charge >= 0.3 is 0 Å². The molecule has 3 heteroatoms. The van der Waals surface area contributed by atoms with Crippen LogP contribution >= 0.6 is 0 Å². The largest absolute Gasteiger partial charge is 0.207 e. The lowest BCUT2D eigenvalue weighted by molar-refractivity contribution is 0.623. The highest BCUT2D eigenvalue weighted by molar-refractivity contribution is 5.35. The molecule has 0 N–H and O–H groups in total. The summed E-state index contributed by atoms with van der Waals surface area (Å²) in [5.41, 5.74) is 2.12. The molecule has 0 heterocycles. The Kier molecular flexibility index (Phi) is 3.90. The van der Waals surface area contributed by atoms with E-state index in [-0.39, 0.29) is 5.82 Å². The third kappa shape index (κ3) is 3.18. The highest BCUT2D eigenvalue weighted by atomic mass is 19.1. The summed E-state index contributed by atoms with van der Waals surface area (Å²) < 4.78 is 13.2. The minimum Gasteiger partial charge on any atom is -0.207 e. The minimum atomic E-state index is -0.412. The fourth-order valence-electron chi connectivity index (χ4n) is 1.96. The number of benzene rings is 2. The van der Waals surface area contributed by atoms with Crippen molar-refractivity contribution in [1.82, 2.24) is 0 Å². The molecule has 0 radical (unpaired) electrons. The Bertz CT molecular complexity index is 665. The van der Waals surface area contributed by atoms with E-state index in [1.165, 1.54) is 12.1 Å². The van der Waals surface area contributed by atoms with Crippen molar-refractivity contribution in [2.75, 3.05) is 0 Å². The Hall–Kier alpha value is -2.65. The molecule has 2 aromatic carbocycles. The zero-order valence-electron chi connectivity index (χ0n) is 10.2. The van der Waals surface area contributed by atoms with Crippen LogP contribution in [0.1, 0.15) is 22.6 Å². The molecule has 0 aliphatic heterocycles. The molecule has 2 rings (SSSR count). The standard InChI is InChI=1S/C16H11FN2/c17-16-6-2-5-14(9-16)15(11-19)8-12-3-1-4-13(7-12)10-18/h1-7,9,15H,8H2. The van der Waals surface area contributed by atoms with E-state index in [1.54, 1.807) is 30.3 Å². The van der Waals surface area contributed by atoms with Crippen LogP contribution in [0.5, 0.6) is 0 Å². The third-order valence-corrected chi connectivity index (χ3v) is 2.90. The van der Waals surface area contributed by atoms with Crippen LogP contribution < -0.4 is 0 Å². The van der Waals surface area contributed by atoms with Gasteiger partial charge < -0.3 is 0 Å². The first-order valence-electron chi connectivity index (χ1n) is 5.87. The molecule has 0 aliphatic carbocycles. The number of hydrogen-bond donors (Lipinski definition) is 0. The molecular formula is C16H11FN2. The molecule has 2 nitrogen and oxygen atoms in total. The van der Waals surface area contributed by atoms with Gasteiger partial charge in [-0.3, -0.25) is 0 Å². The molecule has 0 saturated carbocycles. The highest BCUT2D eigenvalue weighted by Crippen LogP contribution is 2.21. The number of nitriles is 2. The summed E-state index contributed by atoms with van der Waals surface area (Å²) in [6, 6.07) is 17.4. The van der Waals surface area contributed by atoms with E-state index >= 15 is 0 Å². The van der Waals surface area contributed by atoms with E-state index in [9.17, 15) is 9.65 Å². The Morgan fingerprint density at radius 3 is 2.53 bits per heavy atom. The molecule has 0 amide bonds. The Labute approximate surface area is 111 Å². The second-order valence-electron chi connectivity index (χ2n) is 4.25. The molecular weight excluding hydrogens is 239 g/mol. The zero-order chi connectivity index (χ0) is 13.7. The van der Waals surface area contributed by atoms with Crippen LogP contribution in [-0.4, -0.2) is 0 Å². The van der Waals surface area contributed by atoms with Crippen LogP contribution in [-0.2, 0) is 6.42 Å². The zero-order valence-corrected chi connectivity index (χ0v) is 10.2. The van der Waals surface area contributed by atoms with E-state index in [2.05, 4.69) is 12.1 Å². The number of hydrogen-bond acceptors (Lipinski definition) is 2. The van der Waals surface area contributed by atoms with Crippen molar-refractivity contribution in [3.63, 3.8) is 0 Å². The predicted octanol–water partition coefficient (Wildman–Crippen LogP) is 3.55. The fourth-order valence-corrected chi connectivity index (χ4v) is 1.96. The van der Waals surface area contributed by atoms with Gasteiger partial charge in [0.15, 0.2) is 0 Å². The van der Waals surface area contributed by atoms with Gasteiger partial charge in [0.25, 0.3) is 0 Å². The van der Waals surface area contributed by atoms with Crippen molar-refractivity contribution in [2.45, 2.75) is 12.3 Å². The minimum absolute atomic E-state index is 0.344. The lowest BCUT2D eigenvalue weighted by Crippen LogP contribution is -2.01. The van der Waals surface area contributed by atoms with Crippen molar-refractivity contribution in [3.8, 4) is 12.1 Å². The molecule has 92 valence electrons. The normalized spacial score (nSPS) is 11.3. The highest BCUT2D eigenvalue weighted by Gasteiger charge is 2.12. The average molecular weight is 250 g/mol. The Morgan fingerprint density at radius 2 is 1.84 bits per heavy atom. The van der Waals surface area contributed by atoms with Crippen molar-refractivity contribution >= 4 is 0 Å². The van der Waals surface area contributed by atoms with Gasteiger partial charge in [-0.25, -0.2) is 4.39 Å². The van der Waals surface area contributed by atoms with Gasteiger partial charge in [-0.1, -0.05) is 24.3 Å². The third-order valence-electron chi connectivity index (χ3n) is 2.90. The number of nitrogens with zero attached hydrogens (tertiary/aromatic N) is 2. The summed E-state index contributed by atoms with van der Waals surface area (Å²) in [5.74, 6) is -0.756. The monoisotopic (exact) mass is 250 g/mol. The van der Waals surface area contributed by atoms with Crippen molar-refractivity contribution in [2.24, 2.45) is 0 Å². The van der Waals surface area contributed by atoms with E-state index in [0.29, 0.717) is 17.5 Å². The second-order valence-corrected chi connectivity index (χ2v) is 4.25. The second kappa shape index (κ2) is 5.80. The fraction of sp³-hybridized carbons (Fsp3) is 0.125. The van der Waals surface area contributed by atoms with Gasteiger partial charge in [0.2, 0.25) is 0 Å². The maximum Gasteiger partial charge on any atom is 0.123 e. The van der Waals surface area contributed by atoms with Gasteiger partial charge in [-0.2, -0.15) is 10.5 Å². The first kappa shape index (κ1) is 12.8. The summed E-state index contributed by atoms with van der Waals surface area (Å²) in [5, 5.41) is 18.1. The van der Waals surface area contributed by atoms with Crippen molar-refractivity contribution < 1.29 is 4.39 Å². The molecule has 1 unspecified atom stereocenters. The summed E-state index contributed by atoms with van der Waals surface area (Å²) >= 11 is 0. The van der Waals surface area contributed by atoms with Crippen LogP contribution in [0.4, 0.5) is 4.39 Å². The first-order valence-corrected chi connectivity index (χ1v) is 5.87. The lowest BCUT2D eigenvalue weighted by atomic mass is 9.92. The molecule has 0 spiro atoms. The Morgan fingerprint density at radius 1 is 1.05 bits per heavy atom. The molecule has 0 saturated heterocycles. The van der Waals surface area contributed by atoms with E-state index in [1.807, 2.05) is 6.07 Å². The smallest absolute Gasteiger partial charge is 0.123 e. The van der Waals surface area contributed by atoms with Crippen LogP contribution in [0, 0.1) is 28.5 Å². The molecule has 2 aromatic rings. The number of halogens is 1. The summed E-state index contributed by atoms with van der Waals surface area (Å²) in [6.45, 7) is 0. The molecule has 0 aromatic heterocycles. The van der Waals surface area contributed by atoms with Crippen LogP contribution in [0.15, 0.2) is 48.5 Å². The van der Waals surface area contributed by atoms with E-state index < -0.39 is 5.92 Å². The van der Waals surface area contributed by atoms with Crippen LogP contribution in [0.25, 0.3) is 0 Å². The van der Waals surface area contributed by atoms with Gasteiger partial charge in [0, 0.05) is 0 Å². The first-order chi connectivity index (χ1) is 9.22. The van der Waals surface area contributed by atoms with Gasteiger partial charge in [-0.05, 0) is 41.8 Å². The maximum atomic E-state index is 13.2. The van der Waals surface area contributed by atoms with Crippen LogP contribution in [0.2, 0.25) is 0 Å². The van der Waals surface area contributed by atoms with Crippen LogP contribution in [0.3, 0.4) is 0 Å². The van der Waals surface area contributed by atoms with E-state index in [4.69, 9.17) is 5.26 Å². The van der Waals surface area contributed by atoms with Crippen molar-refractivity contribution in [1.29, 1.82) is 10.5 Å². The quantitative estimate of drug-likeness (QED) is 0.836. The summed E-state index contributed by atoms with van der Waals surface area (Å²) in [7, 11) is 0. The molecule has 0 aliphatic rings. The van der Waals surface area contributed by atoms with E-state index in [0.717, 1.165) is 5.56 Å². The lowest BCUT2D eigenvalue weighted by Gasteiger charge is -2.09. The molecule has 1 atom stereocenters. The predicted molar refractivity (Wildman–Crippen MR) is 69.6 cm³/mol. The number of rotatable bonds is 3. The van der Waals surface area contributed by atoms with Gasteiger partial charge in [0.1, 0.15) is 5.82 Å². The topological polar surface area (TPSA) is 47.6 Å². The van der Waals surface area contributed by atoms with Gasteiger partial charge in [0.05, 0.1) is 23.6 Å². The summed E-state index contributed by atoms with van der Waals surface area (Å²) in [6.07, 6.45) is 0.468. The Balaban J connectivity index is 2.25. The SMILES string of the molecule is N#Cc1cccc(CC(C#N)c2cccc(F)c2)c1.